The van der Waals surface area contributed by atoms with E-state index >= 15 is 0 Å². The molecule has 2 unspecified atom stereocenters. The van der Waals surface area contributed by atoms with E-state index in [9.17, 15) is 0 Å². The van der Waals surface area contributed by atoms with Gasteiger partial charge in [0.2, 0.25) is 0 Å². The SMILES string of the molecule is COc1ccc(CNc2ccc3c(c2)C(OCCc2ccccc2)C(OCc2cccc(Cl)c2)C(C)(C)O3)cc1. The molecule has 0 spiro atoms. The van der Waals surface area contributed by atoms with E-state index in [0.717, 1.165) is 40.3 Å². The Balaban J connectivity index is 1.38. The van der Waals surface area contributed by atoms with Crippen molar-refractivity contribution in [2.75, 3.05) is 19.0 Å². The monoisotopic (exact) mass is 557 g/mol. The van der Waals surface area contributed by atoms with Gasteiger partial charge in [0.15, 0.2) is 0 Å². The molecule has 1 aliphatic rings. The maximum atomic E-state index is 6.64. The number of rotatable bonds is 11. The highest BCUT2D eigenvalue weighted by molar-refractivity contribution is 6.30. The summed E-state index contributed by atoms with van der Waals surface area (Å²) in [5, 5.41) is 4.23. The number of anilines is 1. The van der Waals surface area contributed by atoms with Gasteiger partial charge in [-0.15, -0.1) is 0 Å². The third kappa shape index (κ3) is 6.97. The van der Waals surface area contributed by atoms with Crippen molar-refractivity contribution < 1.29 is 18.9 Å². The highest BCUT2D eigenvalue weighted by atomic mass is 35.5. The largest absolute Gasteiger partial charge is 0.497 e. The summed E-state index contributed by atoms with van der Waals surface area (Å²) in [5.41, 5.74) is 4.76. The predicted molar refractivity (Wildman–Crippen MR) is 160 cm³/mol. The highest BCUT2D eigenvalue weighted by Crippen LogP contribution is 2.44. The van der Waals surface area contributed by atoms with E-state index in [1.165, 1.54) is 5.56 Å². The molecule has 0 amide bonds. The van der Waals surface area contributed by atoms with Gasteiger partial charge in [0.25, 0.3) is 0 Å². The number of halogens is 1. The molecule has 0 fully saturated rings. The third-order valence-corrected chi connectivity index (χ3v) is 7.39. The average Bonchev–Trinajstić information content (AvgIpc) is 2.96. The molecular formula is C34H36ClNO4. The van der Waals surface area contributed by atoms with Crippen LogP contribution in [0.3, 0.4) is 0 Å². The number of fused-ring (bicyclic) bond motifs is 1. The van der Waals surface area contributed by atoms with Crippen LogP contribution in [0.4, 0.5) is 5.69 Å². The maximum absolute atomic E-state index is 6.64. The Morgan fingerprint density at radius 1 is 0.825 bits per heavy atom. The number of ether oxygens (including phenoxy) is 4. The summed E-state index contributed by atoms with van der Waals surface area (Å²) in [6.45, 7) is 5.76. The summed E-state index contributed by atoms with van der Waals surface area (Å²) in [5.74, 6) is 1.66. The van der Waals surface area contributed by atoms with Crippen LogP contribution in [0, 0.1) is 0 Å². The Hall–Kier alpha value is -3.51. The molecule has 1 aliphatic heterocycles. The predicted octanol–water partition coefficient (Wildman–Crippen LogP) is 8.02. The van der Waals surface area contributed by atoms with Crippen molar-refractivity contribution in [3.63, 3.8) is 0 Å². The van der Waals surface area contributed by atoms with E-state index in [2.05, 4.69) is 61.6 Å². The lowest BCUT2D eigenvalue weighted by molar-refractivity contribution is -0.167. The first-order valence-electron chi connectivity index (χ1n) is 13.6. The second-order valence-electron chi connectivity index (χ2n) is 10.5. The van der Waals surface area contributed by atoms with Crippen molar-refractivity contribution in [3.8, 4) is 11.5 Å². The van der Waals surface area contributed by atoms with Gasteiger partial charge in [-0.25, -0.2) is 0 Å². The molecule has 1 N–H and O–H groups in total. The van der Waals surface area contributed by atoms with Crippen molar-refractivity contribution in [2.24, 2.45) is 0 Å². The van der Waals surface area contributed by atoms with Gasteiger partial charge in [-0.1, -0.05) is 66.2 Å². The van der Waals surface area contributed by atoms with E-state index < -0.39 is 5.60 Å². The van der Waals surface area contributed by atoms with E-state index in [1.54, 1.807) is 7.11 Å². The van der Waals surface area contributed by atoms with Crippen LogP contribution in [0.2, 0.25) is 5.02 Å². The summed E-state index contributed by atoms with van der Waals surface area (Å²) in [4.78, 5) is 0. The van der Waals surface area contributed by atoms with Crippen LogP contribution in [-0.2, 0) is 29.0 Å². The molecule has 40 heavy (non-hydrogen) atoms. The maximum Gasteiger partial charge on any atom is 0.132 e. The molecule has 5 nitrogen and oxygen atoms in total. The Morgan fingerprint density at radius 2 is 1.60 bits per heavy atom. The van der Waals surface area contributed by atoms with Gasteiger partial charge in [0, 0.05) is 22.8 Å². The quantitative estimate of drug-likeness (QED) is 0.202. The fraction of sp³-hybridized carbons (Fsp3) is 0.294. The molecule has 0 saturated heterocycles. The molecular weight excluding hydrogens is 522 g/mol. The molecule has 4 aromatic carbocycles. The van der Waals surface area contributed by atoms with E-state index in [0.29, 0.717) is 24.8 Å². The third-order valence-electron chi connectivity index (χ3n) is 7.15. The molecule has 0 aromatic heterocycles. The minimum Gasteiger partial charge on any atom is -0.497 e. The van der Waals surface area contributed by atoms with Gasteiger partial charge < -0.3 is 24.3 Å². The van der Waals surface area contributed by atoms with Crippen LogP contribution in [0.1, 0.15) is 42.2 Å². The van der Waals surface area contributed by atoms with Crippen LogP contribution < -0.4 is 14.8 Å². The Morgan fingerprint density at radius 3 is 2.35 bits per heavy atom. The van der Waals surface area contributed by atoms with Crippen molar-refractivity contribution >= 4 is 17.3 Å². The van der Waals surface area contributed by atoms with Gasteiger partial charge in [-0.3, -0.25) is 0 Å². The van der Waals surface area contributed by atoms with Crippen molar-refractivity contribution in [1.82, 2.24) is 0 Å². The molecule has 6 heteroatoms. The zero-order valence-electron chi connectivity index (χ0n) is 23.2. The first kappa shape index (κ1) is 28.0. The average molecular weight is 558 g/mol. The summed E-state index contributed by atoms with van der Waals surface area (Å²) < 4.78 is 25.0. The fourth-order valence-corrected chi connectivity index (χ4v) is 5.23. The number of benzene rings is 4. The van der Waals surface area contributed by atoms with Crippen LogP contribution in [0.5, 0.6) is 11.5 Å². The van der Waals surface area contributed by atoms with Crippen molar-refractivity contribution in [2.45, 2.75) is 51.2 Å². The second kappa shape index (κ2) is 12.8. The van der Waals surface area contributed by atoms with Gasteiger partial charge in [-0.2, -0.15) is 0 Å². The smallest absolute Gasteiger partial charge is 0.132 e. The molecule has 2 atom stereocenters. The zero-order valence-corrected chi connectivity index (χ0v) is 24.0. The first-order chi connectivity index (χ1) is 19.4. The molecule has 4 aromatic rings. The summed E-state index contributed by atoms with van der Waals surface area (Å²) >= 11 is 6.23. The van der Waals surface area contributed by atoms with Crippen LogP contribution in [0.15, 0.2) is 97.1 Å². The molecule has 5 rings (SSSR count). The summed E-state index contributed by atoms with van der Waals surface area (Å²) in [7, 11) is 1.67. The normalized spacial score (nSPS) is 17.5. The van der Waals surface area contributed by atoms with E-state index in [1.807, 2.05) is 54.6 Å². The van der Waals surface area contributed by atoms with Crippen molar-refractivity contribution in [3.05, 3.63) is 124 Å². The first-order valence-corrected chi connectivity index (χ1v) is 14.0. The lowest BCUT2D eigenvalue weighted by atomic mass is 9.87. The number of nitrogens with one attached hydrogen (secondary N) is 1. The molecule has 1 heterocycles. The second-order valence-corrected chi connectivity index (χ2v) is 11.0. The number of methoxy groups -OCH3 is 1. The van der Waals surface area contributed by atoms with Gasteiger partial charge in [-0.05, 0) is 79.4 Å². The van der Waals surface area contributed by atoms with Crippen LogP contribution >= 0.6 is 11.6 Å². The van der Waals surface area contributed by atoms with Crippen LogP contribution in [-0.4, -0.2) is 25.4 Å². The van der Waals surface area contributed by atoms with Gasteiger partial charge >= 0.3 is 0 Å². The van der Waals surface area contributed by atoms with Gasteiger partial charge in [0.05, 0.1) is 20.3 Å². The molecule has 0 radical (unpaired) electrons. The molecule has 0 aliphatic carbocycles. The highest BCUT2D eigenvalue weighted by Gasteiger charge is 2.45. The number of hydrogen-bond donors (Lipinski definition) is 1. The Labute approximate surface area is 242 Å². The molecule has 0 saturated carbocycles. The minimum atomic E-state index is -0.610. The van der Waals surface area contributed by atoms with Crippen LogP contribution in [0.25, 0.3) is 0 Å². The number of hydrogen-bond acceptors (Lipinski definition) is 5. The molecule has 0 bridgehead atoms. The van der Waals surface area contributed by atoms with E-state index in [4.69, 9.17) is 30.5 Å². The fourth-order valence-electron chi connectivity index (χ4n) is 5.02. The molecule has 208 valence electrons. The summed E-state index contributed by atoms with van der Waals surface area (Å²) in [6.07, 6.45) is 0.153. The Kier molecular flexibility index (Phi) is 8.95. The topological polar surface area (TPSA) is 49.0 Å². The summed E-state index contributed by atoms with van der Waals surface area (Å²) in [6, 6.07) is 32.4. The van der Waals surface area contributed by atoms with Gasteiger partial charge in [0.1, 0.15) is 29.3 Å². The lowest BCUT2D eigenvalue weighted by Gasteiger charge is -2.44. The zero-order chi connectivity index (χ0) is 28.0. The standard InChI is InChI=1S/C34H36ClNO4/c1-34(2)33(39-23-26-10-7-11-27(35)20-26)32(38-19-18-24-8-5-4-6-9-24)30-21-28(14-17-31(30)40-34)36-22-25-12-15-29(37-3)16-13-25/h4-17,20-21,32-33,36H,18-19,22-23H2,1-3H3. The van der Waals surface area contributed by atoms with E-state index in [-0.39, 0.29) is 12.2 Å². The lowest BCUT2D eigenvalue weighted by Crippen LogP contribution is -2.51. The van der Waals surface area contributed by atoms with Crippen molar-refractivity contribution in [1.29, 1.82) is 0 Å². The Bertz CT molecular complexity index is 1390. The minimum absolute atomic E-state index is 0.315.